The molecule has 0 atom stereocenters. The zero-order chi connectivity index (χ0) is 34.5. The second-order valence-corrected chi connectivity index (χ2v) is 11.7. The number of hydrogen-bond donors (Lipinski definition) is 3. The number of rotatable bonds is 14. The van der Waals surface area contributed by atoms with Gasteiger partial charge in [-0.25, -0.2) is 31.3 Å². The molecule has 10 nitrogen and oxygen atoms in total. The van der Waals surface area contributed by atoms with Gasteiger partial charge in [0.15, 0.2) is 34.7 Å². The number of fused-ring (bicyclic) bond motifs is 1. The number of halogens is 5. The van der Waals surface area contributed by atoms with Crippen LogP contribution in [0.5, 0.6) is 5.75 Å². The standard InChI is InChI=1S/C32H28F5N5O5S/c1-16-8-9-20(17(2)14-16)46-12-4-3-11-38-47-32(45)19-7-5-6-18(15-19)30-39-40-31-29(48-13-10-21(43)44)28(41-42(30)31)22-23(33)25(35)27(37)26(36)24(22)34/h5-9,14-15,38,41H,3-4,10-13H2,1-2H3,(H,43,44). The molecule has 2 aromatic heterocycles. The Kier molecular flexibility index (Phi) is 10.6. The summed E-state index contributed by atoms with van der Waals surface area (Å²) in [5.41, 5.74) is 3.36. The van der Waals surface area contributed by atoms with Crippen molar-refractivity contribution in [1.82, 2.24) is 25.3 Å². The van der Waals surface area contributed by atoms with Crippen molar-refractivity contribution in [3.05, 3.63) is 88.2 Å². The molecule has 0 aliphatic heterocycles. The highest BCUT2D eigenvalue weighted by Gasteiger charge is 2.31. The predicted octanol–water partition coefficient (Wildman–Crippen LogP) is 6.79. The molecule has 0 bridgehead atoms. The minimum atomic E-state index is -2.33. The van der Waals surface area contributed by atoms with Crippen LogP contribution in [0.15, 0.2) is 47.4 Å². The molecule has 0 spiro atoms. The number of H-pyrrole nitrogens is 1. The van der Waals surface area contributed by atoms with Crippen molar-refractivity contribution in [2.75, 3.05) is 18.9 Å². The number of nitrogens with one attached hydrogen (secondary N) is 2. The van der Waals surface area contributed by atoms with Crippen molar-refractivity contribution in [3.8, 4) is 28.4 Å². The van der Waals surface area contributed by atoms with Crippen LogP contribution in [0.25, 0.3) is 28.3 Å². The normalized spacial score (nSPS) is 11.3. The lowest BCUT2D eigenvalue weighted by atomic mass is 10.1. The summed E-state index contributed by atoms with van der Waals surface area (Å²) in [6.07, 6.45) is 0.982. The maximum Gasteiger partial charge on any atom is 0.356 e. The Morgan fingerprint density at radius 2 is 1.69 bits per heavy atom. The van der Waals surface area contributed by atoms with E-state index in [1.807, 2.05) is 32.0 Å². The molecule has 16 heteroatoms. The number of aliphatic carboxylic acids is 1. The number of carboxylic acids is 1. The Bertz CT molecular complexity index is 1970. The van der Waals surface area contributed by atoms with Crippen LogP contribution in [-0.4, -0.2) is 55.8 Å². The Balaban J connectivity index is 1.31. The number of aryl methyl sites for hydroxylation is 2. The summed E-state index contributed by atoms with van der Waals surface area (Å²) in [6, 6.07) is 11.9. The van der Waals surface area contributed by atoms with Crippen LogP contribution in [-0.2, 0) is 9.63 Å². The minimum absolute atomic E-state index is 0.0200. The first-order chi connectivity index (χ1) is 23.0. The lowest BCUT2D eigenvalue weighted by molar-refractivity contribution is -0.136. The first kappa shape index (κ1) is 34.4. The molecule has 252 valence electrons. The third-order valence-electron chi connectivity index (χ3n) is 7.12. The summed E-state index contributed by atoms with van der Waals surface area (Å²) in [5.74, 6) is -12.0. The van der Waals surface area contributed by atoms with Crippen molar-refractivity contribution in [3.63, 3.8) is 0 Å². The molecule has 2 heterocycles. The number of unbranched alkanes of at least 4 members (excludes halogenated alkanes) is 1. The van der Waals surface area contributed by atoms with Crippen LogP contribution in [0, 0.1) is 42.9 Å². The van der Waals surface area contributed by atoms with Gasteiger partial charge in [-0.05, 0) is 50.5 Å². The Morgan fingerprint density at radius 1 is 0.958 bits per heavy atom. The quantitative estimate of drug-likeness (QED) is 0.0288. The molecule has 0 amide bonds. The van der Waals surface area contributed by atoms with E-state index in [2.05, 4.69) is 20.8 Å². The average Bonchev–Trinajstić information content (AvgIpc) is 3.63. The number of carboxylic acid groups (broad SMARTS) is 1. The highest BCUT2D eigenvalue weighted by molar-refractivity contribution is 7.99. The molecule has 0 saturated carbocycles. The third kappa shape index (κ3) is 7.28. The summed E-state index contributed by atoms with van der Waals surface area (Å²) < 4.78 is 78.7. The van der Waals surface area contributed by atoms with E-state index in [-0.39, 0.29) is 39.7 Å². The largest absolute Gasteiger partial charge is 0.493 e. The van der Waals surface area contributed by atoms with Crippen molar-refractivity contribution in [2.24, 2.45) is 0 Å². The summed E-state index contributed by atoms with van der Waals surface area (Å²) in [5, 5.41) is 19.7. The second kappa shape index (κ2) is 14.9. The molecular weight excluding hydrogens is 661 g/mol. The Labute approximate surface area is 274 Å². The molecule has 5 rings (SSSR count). The van der Waals surface area contributed by atoms with Crippen molar-refractivity contribution in [1.29, 1.82) is 0 Å². The zero-order valence-electron chi connectivity index (χ0n) is 25.5. The van der Waals surface area contributed by atoms with Crippen molar-refractivity contribution >= 4 is 29.3 Å². The van der Waals surface area contributed by atoms with Crippen molar-refractivity contribution < 1.29 is 46.2 Å². The zero-order valence-corrected chi connectivity index (χ0v) is 26.3. The fourth-order valence-corrected chi connectivity index (χ4v) is 5.81. The van der Waals surface area contributed by atoms with Crippen LogP contribution in [0.1, 0.15) is 40.7 Å². The summed E-state index contributed by atoms with van der Waals surface area (Å²) >= 11 is 0.774. The fraction of sp³-hybridized carbons (Fsp3) is 0.250. The van der Waals surface area contributed by atoms with Crippen LogP contribution in [0.4, 0.5) is 22.0 Å². The first-order valence-electron chi connectivity index (χ1n) is 14.6. The third-order valence-corrected chi connectivity index (χ3v) is 8.21. The highest BCUT2D eigenvalue weighted by atomic mass is 32.2. The molecule has 48 heavy (non-hydrogen) atoms. The lowest BCUT2D eigenvalue weighted by Gasteiger charge is -2.10. The van der Waals surface area contributed by atoms with Crippen LogP contribution < -0.4 is 10.2 Å². The van der Waals surface area contributed by atoms with Gasteiger partial charge in [0.2, 0.25) is 5.82 Å². The maximum atomic E-state index is 14.9. The Hall–Kier alpha value is -4.96. The van der Waals surface area contributed by atoms with Gasteiger partial charge in [-0.15, -0.1) is 22.0 Å². The number of ether oxygens (including phenoxy) is 1. The topological polar surface area (TPSA) is 131 Å². The van der Waals surface area contributed by atoms with E-state index in [0.717, 1.165) is 33.2 Å². The molecule has 0 radical (unpaired) electrons. The molecule has 3 N–H and O–H groups in total. The predicted molar refractivity (Wildman–Crippen MR) is 165 cm³/mol. The SMILES string of the molecule is Cc1ccc(OCCCCNOC(=O)c2cccc(-c3nnc4c(SCCC(=O)O)c(-c5c(F)c(F)c(F)c(F)c5F)[nH]n34)c2)c(C)c1. The van der Waals surface area contributed by atoms with Crippen LogP contribution in [0.3, 0.4) is 0 Å². The van der Waals surface area contributed by atoms with Crippen molar-refractivity contribution in [2.45, 2.75) is 38.0 Å². The van der Waals surface area contributed by atoms with E-state index in [0.29, 0.717) is 26.0 Å². The Morgan fingerprint density at radius 3 is 2.40 bits per heavy atom. The lowest BCUT2D eigenvalue weighted by Crippen LogP contribution is -2.21. The van der Waals surface area contributed by atoms with Gasteiger partial charge in [-0.3, -0.25) is 9.89 Å². The van der Waals surface area contributed by atoms with E-state index in [1.165, 1.54) is 18.2 Å². The number of carbonyl (C=O) groups excluding carboxylic acids is 1. The molecule has 0 saturated heterocycles. The summed E-state index contributed by atoms with van der Waals surface area (Å²) in [6.45, 7) is 4.82. The number of nitrogens with zero attached hydrogens (tertiary/aromatic N) is 3. The molecule has 3 aromatic carbocycles. The average molecular weight is 690 g/mol. The maximum absolute atomic E-state index is 14.9. The van der Waals surface area contributed by atoms with Crippen LogP contribution in [0.2, 0.25) is 0 Å². The molecular formula is C32H28F5N5O5S. The fourth-order valence-electron chi connectivity index (χ4n) is 4.77. The number of hydrogen-bond acceptors (Lipinski definition) is 8. The van der Waals surface area contributed by atoms with E-state index in [1.54, 1.807) is 6.07 Å². The van der Waals surface area contributed by atoms with E-state index >= 15 is 0 Å². The number of benzene rings is 3. The monoisotopic (exact) mass is 689 g/mol. The molecule has 0 unspecified atom stereocenters. The molecule has 0 aliphatic rings. The number of carbonyl (C=O) groups is 2. The van der Waals surface area contributed by atoms with Gasteiger partial charge in [0.25, 0.3) is 0 Å². The van der Waals surface area contributed by atoms with Gasteiger partial charge in [0.05, 0.1) is 34.7 Å². The van der Waals surface area contributed by atoms with Gasteiger partial charge < -0.3 is 14.7 Å². The second-order valence-electron chi connectivity index (χ2n) is 10.6. The number of hydroxylamine groups is 1. The van der Waals surface area contributed by atoms with E-state index in [9.17, 15) is 31.5 Å². The van der Waals surface area contributed by atoms with Crippen LogP contribution >= 0.6 is 11.8 Å². The summed E-state index contributed by atoms with van der Waals surface area (Å²) in [4.78, 5) is 28.9. The van der Waals surface area contributed by atoms with E-state index in [4.69, 9.17) is 14.7 Å². The van der Waals surface area contributed by atoms with Gasteiger partial charge in [0.1, 0.15) is 5.75 Å². The smallest absolute Gasteiger partial charge is 0.356 e. The molecule has 0 fully saturated rings. The highest BCUT2D eigenvalue weighted by Crippen LogP contribution is 2.40. The van der Waals surface area contributed by atoms with Gasteiger partial charge >= 0.3 is 11.9 Å². The summed E-state index contributed by atoms with van der Waals surface area (Å²) in [7, 11) is 0. The van der Waals surface area contributed by atoms with Gasteiger partial charge in [-0.2, -0.15) is 5.48 Å². The first-order valence-corrected chi connectivity index (χ1v) is 15.5. The van der Waals surface area contributed by atoms with Gasteiger partial charge in [-0.1, -0.05) is 29.8 Å². The van der Waals surface area contributed by atoms with Gasteiger partial charge in [0, 0.05) is 17.9 Å². The number of aromatic amines is 1. The molecule has 0 aliphatic carbocycles. The number of aromatic nitrogens is 4. The minimum Gasteiger partial charge on any atom is -0.493 e. The molecule has 5 aromatic rings. The van der Waals surface area contributed by atoms with E-state index < -0.39 is 52.3 Å². The number of thioether (sulfide) groups is 1.